The van der Waals surface area contributed by atoms with Crippen LogP contribution in [0.4, 0.5) is 0 Å². The molecule has 0 bridgehead atoms. The van der Waals surface area contributed by atoms with Gasteiger partial charge in [0, 0.05) is 5.92 Å². The molecule has 1 aromatic rings. The molecule has 4 nitrogen and oxygen atoms in total. The Bertz CT molecular complexity index is 1320. The van der Waals surface area contributed by atoms with Crippen LogP contribution in [-0.4, -0.2) is 18.0 Å². The predicted octanol–water partition coefficient (Wildman–Crippen LogP) is 7.03. The highest BCUT2D eigenvalue weighted by Crippen LogP contribution is 2.81. The molecule has 0 N–H and O–H groups in total. The van der Waals surface area contributed by atoms with Crippen molar-refractivity contribution in [3.8, 4) is 0 Å². The molecule has 4 saturated carbocycles. The highest BCUT2D eigenvalue weighted by atomic mass is 16.5. The molecule has 6 aliphatic carbocycles. The largest absolute Gasteiger partial charge is 0.460 e. The van der Waals surface area contributed by atoms with Crippen LogP contribution in [0, 0.1) is 50.7 Å². The van der Waals surface area contributed by atoms with Gasteiger partial charge in [0.25, 0.3) is 0 Å². The molecule has 0 amide bonds. The monoisotopic (exact) mass is 526 g/mol. The van der Waals surface area contributed by atoms with Crippen molar-refractivity contribution in [1.82, 2.24) is 0 Å². The van der Waals surface area contributed by atoms with Gasteiger partial charge in [0.15, 0.2) is 5.78 Å². The van der Waals surface area contributed by atoms with Gasteiger partial charge in [-0.2, -0.15) is 0 Å². The minimum atomic E-state index is -0.355. The third-order valence-electron chi connectivity index (χ3n) is 13.4. The number of aldehydes is 1. The normalized spacial score (nSPS) is 44.9. The van der Waals surface area contributed by atoms with E-state index < -0.39 is 0 Å². The fourth-order valence-electron chi connectivity index (χ4n) is 11.5. The number of benzene rings is 1. The van der Waals surface area contributed by atoms with Crippen LogP contribution in [0.2, 0.25) is 0 Å². The molecule has 0 aromatic heterocycles. The number of hydrogen-bond donors (Lipinski definition) is 0. The van der Waals surface area contributed by atoms with Crippen LogP contribution in [0.25, 0.3) is 0 Å². The zero-order valence-corrected chi connectivity index (χ0v) is 23.9. The van der Waals surface area contributed by atoms with E-state index in [0.717, 1.165) is 68.8 Å². The Labute approximate surface area is 232 Å². The van der Waals surface area contributed by atoms with E-state index in [0.29, 0.717) is 30.1 Å². The van der Waals surface area contributed by atoms with Crippen molar-refractivity contribution in [2.75, 3.05) is 0 Å². The lowest BCUT2D eigenvalue weighted by molar-refractivity contribution is -0.254. The summed E-state index contributed by atoms with van der Waals surface area (Å²) in [5, 5.41) is 0. The van der Waals surface area contributed by atoms with Gasteiger partial charge in [0.2, 0.25) is 0 Å². The van der Waals surface area contributed by atoms with E-state index in [1.165, 1.54) is 5.57 Å². The van der Waals surface area contributed by atoms with Crippen LogP contribution in [0.5, 0.6) is 0 Å². The molecule has 8 atom stereocenters. The van der Waals surface area contributed by atoms with Gasteiger partial charge in [-0.15, -0.1) is 0 Å². The summed E-state index contributed by atoms with van der Waals surface area (Å²) in [5.41, 5.74) is 2.51. The van der Waals surface area contributed by atoms with E-state index in [9.17, 15) is 14.4 Å². The van der Waals surface area contributed by atoms with Gasteiger partial charge < -0.3 is 4.74 Å². The van der Waals surface area contributed by atoms with E-state index in [-0.39, 0.29) is 39.0 Å². The van der Waals surface area contributed by atoms with Crippen LogP contribution in [0.1, 0.15) is 84.6 Å². The Hall–Kier alpha value is -2.49. The summed E-state index contributed by atoms with van der Waals surface area (Å²) in [6.45, 7) is 9.49. The third-order valence-corrected chi connectivity index (χ3v) is 13.4. The maximum Gasteiger partial charge on any atom is 0.313 e. The molecule has 206 valence electrons. The Morgan fingerprint density at radius 3 is 2.44 bits per heavy atom. The molecule has 1 aromatic carbocycles. The number of carbonyl (C=O) groups excluding carboxylic acids is 3. The molecular formula is C35H42O4. The first-order valence-electron chi connectivity index (χ1n) is 15.2. The van der Waals surface area contributed by atoms with E-state index in [1.54, 1.807) is 0 Å². The van der Waals surface area contributed by atoms with Crippen molar-refractivity contribution in [2.24, 2.45) is 50.7 Å². The number of ether oxygens (including phenoxy) is 1. The molecule has 0 aliphatic heterocycles. The quantitative estimate of drug-likeness (QED) is 0.312. The van der Waals surface area contributed by atoms with Crippen LogP contribution < -0.4 is 0 Å². The summed E-state index contributed by atoms with van der Waals surface area (Å²) >= 11 is 0. The number of hydrogen-bond acceptors (Lipinski definition) is 4. The molecule has 6 aliphatic rings. The number of esters is 1. The maximum absolute atomic E-state index is 14.2. The average molecular weight is 527 g/mol. The van der Waals surface area contributed by atoms with Gasteiger partial charge >= 0.3 is 5.97 Å². The van der Waals surface area contributed by atoms with Gasteiger partial charge in [-0.3, -0.25) is 14.4 Å². The van der Waals surface area contributed by atoms with Gasteiger partial charge in [0.05, 0.1) is 5.41 Å². The first kappa shape index (κ1) is 25.5. The minimum absolute atomic E-state index is 0.0118. The van der Waals surface area contributed by atoms with Crippen molar-refractivity contribution in [2.45, 2.75) is 85.7 Å². The van der Waals surface area contributed by atoms with E-state index in [2.05, 4.69) is 39.8 Å². The fourth-order valence-corrected chi connectivity index (χ4v) is 11.5. The maximum atomic E-state index is 14.2. The molecular weight excluding hydrogens is 484 g/mol. The molecule has 39 heavy (non-hydrogen) atoms. The van der Waals surface area contributed by atoms with Crippen LogP contribution in [0.15, 0.2) is 53.6 Å². The zero-order valence-electron chi connectivity index (χ0n) is 23.9. The lowest BCUT2D eigenvalue weighted by atomic mass is 9.27. The van der Waals surface area contributed by atoms with Crippen molar-refractivity contribution in [3.05, 3.63) is 59.2 Å². The number of rotatable bonds is 4. The standard InChI is InChI=1S/C35H42O4/c1-31(2)23(20-36)10-13-33(4)28(31)12-14-32(3)25-11-15-34-16-17-35(34,19-26(34)24(25)18-27(37)29(32)33)30(38)39-21-22-8-6-5-7-9-22/h5-10,18,20,25-26,28-29H,11-17,19,21H2,1-4H3. The molecule has 7 rings (SSSR count). The van der Waals surface area contributed by atoms with Crippen LogP contribution in [-0.2, 0) is 25.7 Å². The highest BCUT2D eigenvalue weighted by molar-refractivity contribution is 5.96. The predicted molar refractivity (Wildman–Crippen MR) is 149 cm³/mol. The van der Waals surface area contributed by atoms with Crippen molar-refractivity contribution < 1.29 is 19.1 Å². The van der Waals surface area contributed by atoms with Crippen LogP contribution in [0.3, 0.4) is 0 Å². The second-order valence-corrected chi connectivity index (χ2v) is 14.9. The summed E-state index contributed by atoms with van der Waals surface area (Å²) in [6.07, 6.45) is 13.1. The number of allylic oxidation sites excluding steroid dienone is 4. The summed E-state index contributed by atoms with van der Waals surface area (Å²) in [7, 11) is 0. The van der Waals surface area contributed by atoms with Gasteiger partial charge in [-0.25, -0.2) is 0 Å². The zero-order chi connectivity index (χ0) is 27.4. The van der Waals surface area contributed by atoms with Crippen molar-refractivity contribution in [3.63, 3.8) is 0 Å². The molecule has 0 saturated heterocycles. The lowest BCUT2D eigenvalue weighted by Gasteiger charge is -2.75. The smallest absolute Gasteiger partial charge is 0.313 e. The van der Waals surface area contributed by atoms with Gasteiger partial charge in [0.1, 0.15) is 12.9 Å². The van der Waals surface area contributed by atoms with Crippen molar-refractivity contribution >= 4 is 18.0 Å². The minimum Gasteiger partial charge on any atom is -0.460 e. The van der Waals surface area contributed by atoms with Gasteiger partial charge in [-0.1, -0.05) is 69.7 Å². The fraction of sp³-hybridized carbons (Fsp3) is 0.629. The SMILES string of the molecule is CC1(C)C(C=O)=CCC2(C)C1CCC1(C)C3CCC45CCC4(C(=O)OCc4ccccc4)CC5C3=CC(=O)C12. The lowest BCUT2D eigenvalue weighted by Crippen LogP contribution is -2.72. The summed E-state index contributed by atoms with van der Waals surface area (Å²) in [6, 6.07) is 9.94. The molecule has 4 fully saturated rings. The van der Waals surface area contributed by atoms with Crippen LogP contribution >= 0.6 is 0 Å². The second kappa shape index (κ2) is 8.04. The summed E-state index contributed by atoms with van der Waals surface area (Å²) in [5.74, 6) is 1.34. The topological polar surface area (TPSA) is 60.4 Å². The summed E-state index contributed by atoms with van der Waals surface area (Å²) in [4.78, 5) is 39.6. The molecule has 0 radical (unpaired) electrons. The molecule has 8 unspecified atom stereocenters. The van der Waals surface area contributed by atoms with E-state index in [4.69, 9.17) is 4.74 Å². The Balaban J connectivity index is 1.18. The Morgan fingerprint density at radius 1 is 0.974 bits per heavy atom. The second-order valence-electron chi connectivity index (χ2n) is 14.9. The Kier molecular flexibility index (Phi) is 5.25. The number of carbonyl (C=O) groups is 3. The Morgan fingerprint density at radius 2 is 1.74 bits per heavy atom. The van der Waals surface area contributed by atoms with Crippen molar-refractivity contribution in [1.29, 1.82) is 0 Å². The van der Waals surface area contributed by atoms with E-state index >= 15 is 0 Å². The number of ketones is 1. The first-order chi connectivity index (χ1) is 18.5. The van der Waals surface area contributed by atoms with Gasteiger partial charge in [-0.05, 0) is 108 Å². The molecule has 4 heteroatoms. The number of fused-ring (bicyclic) bond motifs is 6. The highest BCUT2D eigenvalue weighted by Gasteiger charge is 2.78. The molecule has 0 heterocycles. The molecule has 1 spiro atoms. The van der Waals surface area contributed by atoms with E-state index in [1.807, 2.05) is 30.3 Å². The first-order valence-corrected chi connectivity index (χ1v) is 15.2. The third kappa shape index (κ3) is 2.99. The summed E-state index contributed by atoms with van der Waals surface area (Å²) < 4.78 is 5.92. The average Bonchev–Trinajstić information content (AvgIpc) is 2.89.